The Bertz CT molecular complexity index is 237. The predicted octanol–water partition coefficient (Wildman–Crippen LogP) is -1.41. The van der Waals surface area contributed by atoms with E-state index >= 15 is 0 Å². The molecule has 0 saturated carbocycles. The van der Waals surface area contributed by atoms with Crippen molar-refractivity contribution in [3.05, 3.63) is 11.5 Å². The SMILES string of the molecule is O=C1O[C@H]([C@@H](O)CO)C(O)=C1O.[Fe]. The second-order valence-corrected chi connectivity index (χ2v) is 2.31. The summed E-state index contributed by atoms with van der Waals surface area (Å²) in [6.07, 6.45) is -2.78. The molecule has 0 aromatic rings. The van der Waals surface area contributed by atoms with Crippen molar-refractivity contribution in [2.75, 3.05) is 6.61 Å². The van der Waals surface area contributed by atoms with Gasteiger partial charge in [-0.05, 0) is 0 Å². The van der Waals surface area contributed by atoms with Crippen LogP contribution in [-0.4, -0.2) is 45.2 Å². The van der Waals surface area contributed by atoms with E-state index in [-0.39, 0.29) is 17.1 Å². The van der Waals surface area contributed by atoms with Gasteiger partial charge in [0.05, 0.1) is 6.61 Å². The van der Waals surface area contributed by atoms with Gasteiger partial charge in [-0.2, -0.15) is 0 Å². The summed E-state index contributed by atoms with van der Waals surface area (Å²) >= 11 is 0. The van der Waals surface area contributed by atoms with Crippen LogP contribution in [0.1, 0.15) is 0 Å². The van der Waals surface area contributed by atoms with Crippen LogP contribution in [0.2, 0.25) is 0 Å². The van der Waals surface area contributed by atoms with E-state index in [1.807, 2.05) is 0 Å². The number of carbonyl (C=O) groups is 1. The fourth-order valence-electron chi connectivity index (χ4n) is 0.823. The van der Waals surface area contributed by atoms with Gasteiger partial charge < -0.3 is 25.2 Å². The maximum atomic E-state index is 10.5. The van der Waals surface area contributed by atoms with Crippen LogP contribution in [-0.2, 0) is 26.6 Å². The first-order valence-electron chi connectivity index (χ1n) is 3.20. The van der Waals surface area contributed by atoms with Crippen molar-refractivity contribution >= 4 is 5.97 Å². The van der Waals surface area contributed by atoms with Crippen LogP contribution in [0.3, 0.4) is 0 Å². The summed E-state index contributed by atoms with van der Waals surface area (Å²) in [4.78, 5) is 10.5. The van der Waals surface area contributed by atoms with Gasteiger partial charge in [0.1, 0.15) is 6.10 Å². The second kappa shape index (κ2) is 4.48. The minimum Gasteiger partial charge on any atom is -0.505 e. The molecule has 0 radical (unpaired) electrons. The van der Waals surface area contributed by atoms with Crippen LogP contribution in [0.5, 0.6) is 0 Å². The van der Waals surface area contributed by atoms with E-state index in [9.17, 15) is 4.79 Å². The van der Waals surface area contributed by atoms with E-state index in [1.165, 1.54) is 0 Å². The first kappa shape index (κ1) is 12.2. The molecule has 0 aromatic heterocycles. The van der Waals surface area contributed by atoms with E-state index in [4.69, 9.17) is 20.4 Å². The molecule has 13 heavy (non-hydrogen) atoms. The molecule has 76 valence electrons. The van der Waals surface area contributed by atoms with Crippen LogP contribution in [0, 0.1) is 0 Å². The Kier molecular flexibility index (Phi) is 4.22. The van der Waals surface area contributed by atoms with Gasteiger partial charge in [0.25, 0.3) is 0 Å². The summed E-state index contributed by atoms with van der Waals surface area (Å²) in [5.74, 6) is -2.78. The van der Waals surface area contributed by atoms with E-state index in [2.05, 4.69) is 4.74 Å². The summed E-state index contributed by atoms with van der Waals surface area (Å²) in [5, 5.41) is 35.0. The Morgan fingerprint density at radius 1 is 1.46 bits per heavy atom. The van der Waals surface area contributed by atoms with Gasteiger partial charge in [-0.15, -0.1) is 0 Å². The third-order valence-electron chi connectivity index (χ3n) is 1.48. The molecule has 7 heteroatoms. The van der Waals surface area contributed by atoms with Crippen LogP contribution >= 0.6 is 0 Å². The van der Waals surface area contributed by atoms with E-state index in [1.54, 1.807) is 0 Å². The molecule has 1 aliphatic rings. The number of hydrogen-bond acceptors (Lipinski definition) is 6. The molecular weight excluding hydrogens is 224 g/mol. The fraction of sp³-hybridized carbons (Fsp3) is 0.500. The molecule has 0 bridgehead atoms. The van der Waals surface area contributed by atoms with Crippen molar-refractivity contribution in [2.24, 2.45) is 0 Å². The number of hydrogen-bond donors (Lipinski definition) is 4. The van der Waals surface area contributed by atoms with E-state index in [0.717, 1.165) is 0 Å². The van der Waals surface area contributed by atoms with Gasteiger partial charge in [-0.3, -0.25) is 0 Å². The molecule has 6 nitrogen and oxygen atoms in total. The van der Waals surface area contributed by atoms with Crippen LogP contribution in [0.25, 0.3) is 0 Å². The number of cyclic esters (lactones) is 1. The first-order chi connectivity index (χ1) is 5.57. The standard InChI is InChI=1S/C6H8O6.Fe/c7-1-2(8)5-3(9)4(10)6(11)12-5;/h2,5,7-10H,1H2;/t2-,5+;/m0./s1. The number of rotatable bonds is 2. The molecule has 0 aromatic carbocycles. The number of ether oxygens (including phenoxy) is 1. The van der Waals surface area contributed by atoms with E-state index < -0.39 is 36.3 Å². The minimum atomic E-state index is -1.42. The monoisotopic (exact) mass is 232 g/mol. The average molecular weight is 232 g/mol. The average Bonchev–Trinajstić information content (AvgIpc) is 2.32. The zero-order valence-electron chi connectivity index (χ0n) is 6.32. The zero-order chi connectivity index (χ0) is 9.30. The normalized spacial score (nSPS) is 23.8. The zero-order valence-corrected chi connectivity index (χ0v) is 7.42. The fourth-order valence-corrected chi connectivity index (χ4v) is 0.823. The quantitative estimate of drug-likeness (QED) is 0.344. The summed E-state index contributed by atoms with van der Waals surface area (Å²) in [6, 6.07) is 0. The predicted molar refractivity (Wildman–Crippen MR) is 35.3 cm³/mol. The molecule has 0 spiro atoms. The molecule has 0 aliphatic carbocycles. The first-order valence-corrected chi connectivity index (χ1v) is 3.20. The summed E-state index contributed by atoms with van der Waals surface area (Å²) < 4.78 is 4.32. The molecule has 0 amide bonds. The molecule has 1 heterocycles. The largest absolute Gasteiger partial charge is 0.505 e. The molecule has 1 aliphatic heterocycles. The van der Waals surface area contributed by atoms with Crippen LogP contribution in [0.4, 0.5) is 0 Å². The van der Waals surface area contributed by atoms with Gasteiger partial charge in [-0.1, -0.05) is 0 Å². The molecular formula is C6H8FeO6. The van der Waals surface area contributed by atoms with Gasteiger partial charge in [0.2, 0.25) is 5.76 Å². The minimum absolute atomic E-state index is 0. The van der Waals surface area contributed by atoms with Crippen molar-refractivity contribution in [3.8, 4) is 0 Å². The Hall–Kier alpha value is -0.751. The molecule has 0 unspecified atom stereocenters. The second-order valence-electron chi connectivity index (χ2n) is 2.31. The molecule has 0 saturated heterocycles. The molecule has 2 atom stereocenters. The van der Waals surface area contributed by atoms with Gasteiger partial charge in [0, 0.05) is 17.1 Å². The Morgan fingerprint density at radius 3 is 2.31 bits per heavy atom. The maximum absolute atomic E-state index is 10.5. The Balaban J connectivity index is 0.00000144. The number of carbonyl (C=O) groups excluding carboxylic acids is 1. The number of aliphatic hydroxyl groups is 4. The van der Waals surface area contributed by atoms with Crippen LogP contribution in [0.15, 0.2) is 11.5 Å². The van der Waals surface area contributed by atoms with Gasteiger partial charge in [-0.25, -0.2) is 4.79 Å². The van der Waals surface area contributed by atoms with E-state index in [0.29, 0.717) is 0 Å². The summed E-state index contributed by atoms with van der Waals surface area (Å²) in [5.41, 5.74) is 0. The summed E-state index contributed by atoms with van der Waals surface area (Å²) in [6.45, 7) is -0.671. The van der Waals surface area contributed by atoms with Crippen molar-refractivity contribution < 1.29 is 47.0 Å². The van der Waals surface area contributed by atoms with Crippen LogP contribution < -0.4 is 0 Å². The van der Waals surface area contributed by atoms with Crippen molar-refractivity contribution in [2.45, 2.75) is 12.2 Å². The molecule has 1 rings (SSSR count). The van der Waals surface area contributed by atoms with Gasteiger partial charge >= 0.3 is 5.97 Å². The maximum Gasteiger partial charge on any atom is 0.377 e. The number of aliphatic hydroxyl groups excluding tert-OH is 4. The van der Waals surface area contributed by atoms with Crippen molar-refractivity contribution in [1.82, 2.24) is 0 Å². The summed E-state index contributed by atoms with van der Waals surface area (Å²) in [7, 11) is 0. The third-order valence-corrected chi connectivity index (χ3v) is 1.48. The molecule has 4 N–H and O–H groups in total. The van der Waals surface area contributed by atoms with Crippen molar-refractivity contribution in [1.29, 1.82) is 0 Å². The topological polar surface area (TPSA) is 107 Å². The van der Waals surface area contributed by atoms with Crippen molar-refractivity contribution in [3.63, 3.8) is 0 Å². The number of esters is 1. The molecule has 0 fully saturated rings. The Morgan fingerprint density at radius 2 is 2.00 bits per heavy atom. The third kappa shape index (κ3) is 2.13. The smallest absolute Gasteiger partial charge is 0.377 e. The Labute approximate surface area is 83.9 Å². The van der Waals surface area contributed by atoms with Gasteiger partial charge in [0.15, 0.2) is 11.9 Å².